The van der Waals surface area contributed by atoms with Gasteiger partial charge in [-0.05, 0) is 97.4 Å². The minimum absolute atomic E-state index is 0.0847. The molecule has 12 heteroatoms. The zero-order valence-corrected chi connectivity index (χ0v) is 30.2. The minimum atomic E-state index is -4.61. The molecular formula is C36H49F3N6O2Si. The molecule has 2 aliphatic rings. The molecule has 0 radical (unpaired) electrons. The maximum absolute atomic E-state index is 14.4. The zero-order valence-electron chi connectivity index (χ0n) is 29.2. The van der Waals surface area contributed by atoms with Crippen LogP contribution in [0.5, 0.6) is 0 Å². The van der Waals surface area contributed by atoms with Crippen LogP contribution in [-0.2, 0) is 24.2 Å². The highest BCUT2D eigenvalue weighted by Gasteiger charge is 2.42. The van der Waals surface area contributed by atoms with Gasteiger partial charge in [0.05, 0.1) is 16.8 Å². The van der Waals surface area contributed by atoms with Gasteiger partial charge in [-0.15, -0.1) is 10.2 Å². The molecule has 1 aromatic carbocycles. The van der Waals surface area contributed by atoms with Gasteiger partial charge in [0, 0.05) is 45.1 Å². The number of fused-ring (bicyclic) bond motifs is 1. The molecule has 1 saturated carbocycles. The minimum Gasteiger partial charge on any atom is -0.417 e. The van der Waals surface area contributed by atoms with Crippen LogP contribution in [0.3, 0.4) is 0 Å². The van der Waals surface area contributed by atoms with E-state index < -0.39 is 25.7 Å². The number of rotatable bonds is 9. The summed E-state index contributed by atoms with van der Waals surface area (Å²) < 4.78 is 54.3. The average Bonchev–Trinajstić information content (AvgIpc) is 3.55. The molecule has 6 rings (SSSR count). The monoisotopic (exact) mass is 682 g/mol. The number of alkyl halides is 3. The number of halogens is 3. The van der Waals surface area contributed by atoms with Crippen LogP contribution in [0.1, 0.15) is 81.8 Å². The smallest absolute Gasteiger partial charge is 0.417 e. The molecule has 0 N–H and O–H groups in total. The van der Waals surface area contributed by atoms with Gasteiger partial charge < -0.3 is 8.99 Å². The van der Waals surface area contributed by atoms with Gasteiger partial charge in [0.1, 0.15) is 12.2 Å². The molecule has 3 aromatic heterocycles. The van der Waals surface area contributed by atoms with Crippen molar-refractivity contribution in [3.05, 3.63) is 82.1 Å². The number of hydrogen-bond acceptors (Lipinski definition) is 5. The number of hydrogen-bond donors (Lipinski definition) is 0. The van der Waals surface area contributed by atoms with Crippen molar-refractivity contribution in [2.75, 3.05) is 19.7 Å². The number of benzene rings is 1. The Kier molecular flexibility index (Phi) is 9.31. The van der Waals surface area contributed by atoms with Crippen LogP contribution < -0.4 is 5.69 Å². The molecule has 4 heterocycles. The van der Waals surface area contributed by atoms with Crippen LogP contribution in [-0.4, -0.2) is 56.6 Å². The van der Waals surface area contributed by atoms with Crippen LogP contribution in [0.25, 0.3) is 11.2 Å². The molecule has 0 spiro atoms. The van der Waals surface area contributed by atoms with E-state index in [0.29, 0.717) is 29.6 Å². The Bertz CT molecular complexity index is 1810. The molecule has 0 amide bonds. The number of pyridine rings is 1. The van der Waals surface area contributed by atoms with E-state index in [0.717, 1.165) is 61.2 Å². The maximum atomic E-state index is 14.4. The first-order valence-electron chi connectivity index (χ1n) is 17.2. The van der Waals surface area contributed by atoms with E-state index in [1.165, 1.54) is 16.8 Å². The second kappa shape index (κ2) is 12.9. The van der Waals surface area contributed by atoms with Gasteiger partial charge >= 0.3 is 11.9 Å². The SMILES string of the molecule is C[C@H]1CCCN(Cc2cc(C(F)(F)F)c3cn(-c4cccc(C(c5nncn5C)C5CC(CO[Si](C)(C)C(C)(C)C)C5)c4)c(=O)n3c2)C1. The molecule has 4 aromatic rings. The number of imidazole rings is 1. The third kappa shape index (κ3) is 6.93. The zero-order chi connectivity index (χ0) is 34.6. The largest absolute Gasteiger partial charge is 0.418 e. The van der Waals surface area contributed by atoms with Crippen molar-refractivity contribution in [1.82, 2.24) is 28.6 Å². The lowest BCUT2D eigenvalue weighted by Gasteiger charge is -2.43. The number of likely N-dealkylation sites (tertiary alicyclic amines) is 1. The van der Waals surface area contributed by atoms with Gasteiger partial charge in [-0.25, -0.2) is 4.79 Å². The Balaban J connectivity index is 1.31. The van der Waals surface area contributed by atoms with Gasteiger partial charge in [-0.1, -0.05) is 39.8 Å². The Hall–Kier alpha value is -3.22. The van der Waals surface area contributed by atoms with Crippen molar-refractivity contribution >= 4 is 13.8 Å². The van der Waals surface area contributed by atoms with Crippen LogP contribution in [0.15, 0.2) is 53.8 Å². The van der Waals surface area contributed by atoms with Crippen LogP contribution >= 0.6 is 0 Å². The predicted octanol–water partition coefficient (Wildman–Crippen LogP) is 7.65. The van der Waals surface area contributed by atoms with E-state index in [4.69, 9.17) is 4.43 Å². The number of aryl methyl sites for hydroxylation is 1. The van der Waals surface area contributed by atoms with Crippen LogP contribution in [0.4, 0.5) is 13.2 Å². The Morgan fingerprint density at radius 3 is 2.50 bits per heavy atom. The molecule has 1 aliphatic carbocycles. The van der Waals surface area contributed by atoms with Gasteiger partial charge in [0.2, 0.25) is 0 Å². The fraction of sp³-hybridized carbons (Fsp3) is 0.583. The molecule has 1 saturated heterocycles. The second-order valence-electron chi connectivity index (χ2n) is 15.8. The normalized spacial score (nSPS) is 21.8. The highest BCUT2D eigenvalue weighted by Crippen LogP contribution is 2.47. The van der Waals surface area contributed by atoms with Gasteiger partial charge in [0.25, 0.3) is 0 Å². The van der Waals surface area contributed by atoms with Crippen molar-refractivity contribution in [3.8, 4) is 5.69 Å². The summed E-state index contributed by atoms with van der Waals surface area (Å²) >= 11 is 0. The van der Waals surface area contributed by atoms with E-state index in [2.05, 4.69) is 55.9 Å². The van der Waals surface area contributed by atoms with Gasteiger partial charge in [0.15, 0.2) is 8.32 Å². The number of piperidine rings is 1. The van der Waals surface area contributed by atoms with Crippen molar-refractivity contribution in [3.63, 3.8) is 0 Å². The third-order valence-electron chi connectivity index (χ3n) is 11.0. The van der Waals surface area contributed by atoms with Crippen molar-refractivity contribution < 1.29 is 17.6 Å². The van der Waals surface area contributed by atoms with Crippen molar-refractivity contribution in [2.45, 2.75) is 90.1 Å². The summed E-state index contributed by atoms with van der Waals surface area (Å²) in [6.45, 7) is 16.2. The fourth-order valence-corrected chi connectivity index (χ4v) is 8.33. The molecule has 260 valence electrons. The van der Waals surface area contributed by atoms with Gasteiger partial charge in [-0.3, -0.25) is 13.9 Å². The second-order valence-corrected chi connectivity index (χ2v) is 20.6. The summed E-state index contributed by atoms with van der Waals surface area (Å²) in [7, 11) is 0.0678. The molecule has 1 aliphatic heterocycles. The first kappa shape index (κ1) is 34.6. The standard InChI is InChI=1S/C36H49F3N6O2Si/c1-24-10-9-13-43(18-24)19-26-16-30(36(37,38)39)31-21-44(34(46)45(31)20-26)29-12-8-11-27(17-29)32(33-41-40-23-42(33)5)28-14-25(15-28)22-47-48(6,7)35(2,3)4/h8,11-12,16-17,20-21,23-25,28,32H,9-10,13-15,18-19,22H2,1-7H3/t24-,25?,28?,32?/m0/s1. The Morgan fingerprint density at radius 1 is 1.10 bits per heavy atom. The molecule has 8 nitrogen and oxygen atoms in total. The summed E-state index contributed by atoms with van der Waals surface area (Å²) in [5.74, 6) is 1.97. The molecular weight excluding hydrogens is 634 g/mol. The van der Waals surface area contributed by atoms with Crippen molar-refractivity contribution in [1.29, 1.82) is 0 Å². The fourth-order valence-electron chi connectivity index (χ4n) is 7.24. The highest BCUT2D eigenvalue weighted by atomic mass is 28.4. The summed E-state index contributed by atoms with van der Waals surface area (Å²) in [4.78, 5) is 16.0. The van der Waals surface area contributed by atoms with E-state index in [-0.39, 0.29) is 22.4 Å². The predicted molar refractivity (Wildman–Crippen MR) is 184 cm³/mol. The number of nitrogens with zero attached hydrogens (tertiary/aromatic N) is 6. The first-order valence-corrected chi connectivity index (χ1v) is 20.1. The van der Waals surface area contributed by atoms with E-state index in [1.54, 1.807) is 18.6 Å². The lowest BCUT2D eigenvalue weighted by Crippen LogP contribution is -2.44. The number of aromatic nitrogens is 5. The third-order valence-corrected chi connectivity index (χ3v) is 15.5. The van der Waals surface area contributed by atoms with Gasteiger partial charge in [-0.2, -0.15) is 13.2 Å². The molecule has 48 heavy (non-hydrogen) atoms. The Morgan fingerprint density at radius 2 is 1.85 bits per heavy atom. The van der Waals surface area contributed by atoms with E-state index in [1.807, 2.05) is 29.8 Å². The first-order chi connectivity index (χ1) is 22.5. The lowest BCUT2D eigenvalue weighted by molar-refractivity contribution is -0.136. The molecule has 1 unspecified atom stereocenters. The van der Waals surface area contributed by atoms with Crippen LogP contribution in [0.2, 0.25) is 18.1 Å². The quantitative estimate of drug-likeness (QED) is 0.170. The maximum Gasteiger partial charge on any atom is 0.418 e. The molecule has 2 fully saturated rings. The highest BCUT2D eigenvalue weighted by molar-refractivity contribution is 6.74. The summed E-state index contributed by atoms with van der Waals surface area (Å²) in [5, 5.41) is 8.79. The molecule has 2 atom stereocenters. The lowest BCUT2D eigenvalue weighted by atomic mass is 9.66. The average molecular weight is 683 g/mol. The van der Waals surface area contributed by atoms with E-state index in [9.17, 15) is 18.0 Å². The Labute approximate surface area is 282 Å². The van der Waals surface area contributed by atoms with E-state index >= 15 is 0 Å². The summed E-state index contributed by atoms with van der Waals surface area (Å²) in [6.07, 6.45) is 4.07. The topological polar surface area (TPSA) is 69.6 Å². The van der Waals surface area contributed by atoms with Crippen molar-refractivity contribution in [2.24, 2.45) is 24.8 Å². The molecule has 0 bridgehead atoms. The summed E-state index contributed by atoms with van der Waals surface area (Å²) in [5.41, 5.74) is 0.484. The van der Waals surface area contributed by atoms with Crippen LogP contribution in [0, 0.1) is 17.8 Å². The summed E-state index contributed by atoms with van der Waals surface area (Å²) in [6, 6.07) is 8.79.